The van der Waals surface area contributed by atoms with Crippen LogP contribution in [-0.4, -0.2) is 24.2 Å². The zero-order chi connectivity index (χ0) is 14.8. The highest BCUT2D eigenvalue weighted by Gasteiger charge is 2.39. The van der Waals surface area contributed by atoms with Gasteiger partial charge in [-0.3, -0.25) is 0 Å². The minimum absolute atomic E-state index is 0.342. The van der Waals surface area contributed by atoms with Gasteiger partial charge in [-0.25, -0.2) is 4.79 Å². The van der Waals surface area contributed by atoms with Crippen LogP contribution in [-0.2, 0) is 4.74 Å². The van der Waals surface area contributed by atoms with Crippen molar-refractivity contribution < 1.29 is 9.53 Å². The molecule has 3 rings (SSSR count). The van der Waals surface area contributed by atoms with Crippen LogP contribution < -0.4 is 10.6 Å². The minimum atomic E-state index is -0.342. The van der Waals surface area contributed by atoms with E-state index >= 15 is 0 Å². The Balaban J connectivity index is 1.58. The number of carbonyl (C=O) groups excluding carboxylic acids is 1. The lowest BCUT2D eigenvalue weighted by Crippen LogP contribution is -2.40. The predicted octanol–water partition coefficient (Wildman–Crippen LogP) is 2.95. The zero-order valence-corrected chi connectivity index (χ0v) is 12.9. The molecule has 1 aromatic rings. The molecule has 0 heterocycles. The number of nitrogens with one attached hydrogen (secondary N) is 2. The Morgan fingerprint density at radius 3 is 2.86 bits per heavy atom. The first-order valence-electron chi connectivity index (χ1n) is 7.41. The van der Waals surface area contributed by atoms with Gasteiger partial charge in [-0.15, -0.1) is 0 Å². The van der Waals surface area contributed by atoms with Crippen LogP contribution in [0.5, 0.6) is 0 Å². The molecule has 0 radical (unpaired) electrons. The highest BCUT2D eigenvalue weighted by atomic mass is 32.1. The molecule has 0 saturated heterocycles. The number of hydrogen-bond acceptors (Lipinski definition) is 3. The Morgan fingerprint density at radius 2 is 2.19 bits per heavy atom. The first-order valence-corrected chi connectivity index (χ1v) is 7.82. The van der Waals surface area contributed by atoms with Crippen LogP contribution in [0, 0.1) is 11.8 Å². The molecule has 2 aliphatic rings. The van der Waals surface area contributed by atoms with E-state index in [4.69, 9.17) is 17.0 Å². The molecular formula is C16H20N2O2S. The van der Waals surface area contributed by atoms with Crippen LogP contribution >= 0.6 is 12.2 Å². The van der Waals surface area contributed by atoms with Crippen LogP contribution in [0.15, 0.2) is 24.3 Å². The molecule has 5 heteroatoms. The SMILES string of the molecule is COC(=O)c1cccc(NC(=S)N[C@@H]2C[C@@H]3CC[C@@H]2C3)c1. The van der Waals surface area contributed by atoms with Gasteiger partial charge in [0.1, 0.15) is 0 Å². The summed E-state index contributed by atoms with van der Waals surface area (Å²) >= 11 is 5.39. The number of ether oxygens (including phenoxy) is 1. The van der Waals surface area contributed by atoms with Crippen molar-refractivity contribution in [3.8, 4) is 0 Å². The Morgan fingerprint density at radius 1 is 1.33 bits per heavy atom. The number of rotatable bonds is 3. The van der Waals surface area contributed by atoms with Crippen molar-refractivity contribution >= 4 is 29.0 Å². The van der Waals surface area contributed by atoms with Crippen molar-refractivity contribution in [3.05, 3.63) is 29.8 Å². The summed E-state index contributed by atoms with van der Waals surface area (Å²) in [6.07, 6.45) is 5.28. The first-order chi connectivity index (χ1) is 10.2. The third kappa shape index (κ3) is 3.18. The maximum absolute atomic E-state index is 11.5. The molecule has 3 atom stereocenters. The highest BCUT2D eigenvalue weighted by molar-refractivity contribution is 7.80. The summed E-state index contributed by atoms with van der Waals surface area (Å²) in [6.45, 7) is 0. The molecule has 1 aromatic carbocycles. The van der Waals surface area contributed by atoms with E-state index in [1.165, 1.54) is 32.8 Å². The van der Waals surface area contributed by atoms with Gasteiger partial charge in [0.05, 0.1) is 12.7 Å². The summed E-state index contributed by atoms with van der Waals surface area (Å²) in [4.78, 5) is 11.5. The normalized spacial score (nSPS) is 26.4. The maximum Gasteiger partial charge on any atom is 0.337 e. The molecule has 112 valence electrons. The zero-order valence-electron chi connectivity index (χ0n) is 12.1. The summed E-state index contributed by atoms with van der Waals surface area (Å²) < 4.78 is 4.72. The van der Waals surface area contributed by atoms with Crippen molar-refractivity contribution in [1.82, 2.24) is 5.32 Å². The topological polar surface area (TPSA) is 50.4 Å². The Kier molecular flexibility index (Phi) is 4.10. The van der Waals surface area contributed by atoms with Crippen molar-refractivity contribution in [2.24, 2.45) is 11.8 Å². The monoisotopic (exact) mass is 304 g/mol. The van der Waals surface area contributed by atoms with Gasteiger partial charge in [-0.05, 0) is 61.5 Å². The molecule has 2 saturated carbocycles. The number of fused-ring (bicyclic) bond motifs is 2. The Bertz CT molecular complexity index is 561. The molecule has 2 aliphatic carbocycles. The lowest BCUT2D eigenvalue weighted by Gasteiger charge is -2.24. The first kappa shape index (κ1) is 14.3. The average molecular weight is 304 g/mol. The summed E-state index contributed by atoms with van der Waals surface area (Å²) in [7, 11) is 1.38. The maximum atomic E-state index is 11.5. The summed E-state index contributed by atoms with van der Waals surface area (Å²) in [5, 5.41) is 7.22. The van der Waals surface area contributed by atoms with E-state index < -0.39 is 0 Å². The number of carbonyl (C=O) groups is 1. The molecule has 0 spiro atoms. The molecule has 0 amide bonds. The van der Waals surface area contributed by atoms with Gasteiger partial charge < -0.3 is 15.4 Å². The van der Waals surface area contributed by atoms with E-state index in [-0.39, 0.29) is 5.97 Å². The van der Waals surface area contributed by atoms with Crippen LogP contribution in [0.1, 0.15) is 36.0 Å². The number of esters is 1. The number of thiocarbonyl (C=S) groups is 1. The van der Waals surface area contributed by atoms with Crippen molar-refractivity contribution in [2.45, 2.75) is 31.7 Å². The van der Waals surface area contributed by atoms with Gasteiger partial charge in [-0.1, -0.05) is 12.5 Å². The average Bonchev–Trinajstić information content (AvgIpc) is 3.09. The van der Waals surface area contributed by atoms with E-state index in [0.29, 0.717) is 16.7 Å². The molecule has 2 bridgehead atoms. The van der Waals surface area contributed by atoms with Gasteiger partial charge in [0.2, 0.25) is 0 Å². The van der Waals surface area contributed by atoms with Crippen LogP contribution in [0.3, 0.4) is 0 Å². The van der Waals surface area contributed by atoms with Crippen molar-refractivity contribution in [2.75, 3.05) is 12.4 Å². The fourth-order valence-corrected chi connectivity index (χ4v) is 3.87. The highest BCUT2D eigenvalue weighted by Crippen LogP contribution is 2.44. The molecule has 2 fully saturated rings. The lowest BCUT2D eigenvalue weighted by atomic mass is 9.96. The number of methoxy groups -OCH3 is 1. The van der Waals surface area contributed by atoms with Gasteiger partial charge in [-0.2, -0.15) is 0 Å². The molecule has 0 aliphatic heterocycles. The van der Waals surface area contributed by atoms with E-state index in [1.807, 2.05) is 12.1 Å². The fourth-order valence-electron chi connectivity index (χ4n) is 3.60. The van der Waals surface area contributed by atoms with E-state index in [2.05, 4.69) is 10.6 Å². The largest absolute Gasteiger partial charge is 0.465 e. The van der Waals surface area contributed by atoms with E-state index in [9.17, 15) is 4.79 Å². The van der Waals surface area contributed by atoms with Crippen LogP contribution in [0.4, 0.5) is 5.69 Å². The second kappa shape index (κ2) is 6.02. The number of anilines is 1. The molecule has 4 nitrogen and oxygen atoms in total. The van der Waals surface area contributed by atoms with Gasteiger partial charge >= 0.3 is 5.97 Å². The molecule has 21 heavy (non-hydrogen) atoms. The number of benzene rings is 1. The summed E-state index contributed by atoms with van der Waals surface area (Å²) in [5.41, 5.74) is 1.32. The third-order valence-electron chi connectivity index (χ3n) is 4.60. The lowest BCUT2D eigenvalue weighted by molar-refractivity contribution is 0.0601. The molecular weight excluding hydrogens is 284 g/mol. The predicted molar refractivity (Wildman–Crippen MR) is 86.4 cm³/mol. The second-order valence-electron chi connectivity index (χ2n) is 5.95. The van der Waals surface area contributed by atoms with Gasteiger partial charge in [0, 0.05) is 11.7 Å². The second-order valence-corrected chi connectivity index (χ2v) is 6.36. The van der Waals surface area contributed by atoms with Gasteiger partial charge in [0.15, 0.2) is 5.11 Å². The van der Waals surface area contributed by atoms with Crippen molar-refractivity contribution in [3.63, 3.8) is 0 Å². The molecule has 0 unspecified atom stereocenters. The Hall–Kier alpha value is -1.62. The minimum Gasteiger partial charge on any atom is -0.465 e. The quantitative estimate of drug-likeness (QED) is 0.664. The Labute approximate surface area is 130 Å². The standard InChI is InChI=1S/C16H20N2O2S/c1-20-15(19)12-3-2-4-13(9-12)17-16(21)18-14-8-10-5-6-11(14)7-10/h2-4,9-11,14H,5-8H2,1H3,(H2,17,18,21)/t10-,11-,14-/m1/s1. The molecule has 2 N–H and O–H groups in total. The van der Waals surface area contributed by atoms with Gasteiger partial charge in [0.25, 0.3) is 0 Å². The summed E-state index contributed by atoms with van der Waals surface area (Å²) in [5.74, 6) is 1.32. The van der Waals surface area contributed by atoms with E-state index in [1.54, 1.807) is 12.1 Å². The fraction of sp³-hybridized carbons (Fsp3) is 0.500. The smallest absolute Gasteiger partial charge is 0.337 e. The summed E-state index contributed by atoms with van der Waals surface area (Å²) in [6, 6.07) is 7.69. The number of hydrogen-bond donors (Lipinski definition) is 2. The van der Waals surface area contributed by atoms with Crippen LogP contribution in [0.25, 0.3) is 0 Å². The van der Waals surface area contributed by atoms with Crippen molar-refractivity contribution in [1.29, 1.82) is 0 Å². The molecule has 0 aromatic heterocycles. The van der Waals surface area contributed by atoms with Crippen LogP contribution in [0.2, 0.25) is 0 Å². The third-order valence-corrected chi connectivity index (χ3v) is 4.82. The van der Waals surface area contributed by atoms with E-state index in [0.717, 1.165) is 17.5 Å².